The van der Waals surface area contributed by atoms with Gasteiger partial charge in [-0.2, -0.15) is 11.3 Å². The lowest BCUT2D eigenvalue weighted by Gasteiger charge is -2.25. The van der Waals surface area contributed by atoms with Gasteiger partial charge in [0.1, 0.15) is 0 Å². The van der Waals surface area contributed by atoms with Crippen LogP contribution in [0.3, 0.4) is 0 Å². The molecule has 1 aliphatic rings. The van der Waals surface area contributed by atoms with Crippen molar-refractivity contribution in [3.8, 4) is 0 Å². The largest absolute Gasteiger partial charge is 0.397 e. The van der Waals surface area contributed by atoms with Gasteiger partial charge < -0.3 is 16.4 Å². The summed E-state index contributed by atoms with van der Waals surface area (Å²) < 4.78 is 0. The van der Waals surface area contributed by atoms with Gasteiger partial charge in [-0.1, -0.05) is 0 Å². The second kappa shape index (κ2) is 4.53. The monoisotopic (exact) mass is 259 g/mol. The summed E-state index contributed by atoms with van der Waals surface area (Å²) in [5.41, 5.74) is 15.5. The van der Waals surface area contributed by atoms with Crippen LogP contribution in [0.2, 0.25) is 0 Å². The van der Waals surface area contributed by atoms with Gasteiger partial charge in [0.15, 0.2) is 0 Å². The minimum Gasteiger partial charge on any atom is -0.397 e. The molecule has 3 nitrogen and oxygen atoms in total. The molecule has 94 valence electrons. The lowest BCUT2D eigenvalue weighted by Crippen LogP contribution is -2.24. The zero-order valence-electron chi connectivity index (χ0n) is 10.2. The lowest BCUT2D eigenvalue weighted by atomic mass is 10.2. The van der Waals surface area contributed by atoms with Gasteiger partial charge in [-0.15, -0.1) is 0 Å². The molecular formula is C14H17N3S. The number of nitrogens with zero attached hydrogens (tertiary/aromatic N) is 1. The first-order chi connectivity index (χ1) is 8.74. The maximum Gasteiger partial charge on any atom is 0.0568 e. The molecule has 0 atom stereocenters. The van der Waals surface area contributed by atoms with Gasteiger partial charge >= 0.3 is 0 Å². The smallest absolute Gasteiger partial charge is 0.0568 e. The van der Waals surface area contributed by atoms with Crippen molar-refractivity contribution < 1.29 is 0 Å². The van der Waals surface area contributed by atoms with Crippen LogP contribution in [0, 0.1) is 0 Å². The summed E-state index contributed by atoms with van der Waals surface area (Å²) in [6.45, 7) is 0.956. The van der Waals surface area contributed by atoms with E-state index in [1.54, 1.807) is 11.3 Å². The Morgan fingerprint density at radius 3 is 2.61 bits per heavy atom. The molecule has 0 amide bonds. The Morgan fingerprint density at radius 2 is 2.00 bits per heavy atom. The van der Waals surface area contributed by atoms with Crippen LogP contribution in [-0.4, -0.2) is 6.04 Å². The molecule has 3 rings (SSSR count). The number of anilines is 3. The maximum absolute atomic E-state index is 5.90. The number of nitrogen functional groups attached to an aromatic ring is 2. The minimum absolute atomic E-state index is 0.657. The van der Waals surface area contributed by atoms with E-state index in [-0.39, 0.29) is 0 Å². The molecule has 0 bridgehead atoms. The summed E-state index contributed by atoms with van der Waals surface area (Å²) in [7, 11) is 0. The number of benzene rings is 1. The molecule has 0 spiro atoms. The fourth-order valence-electron chi connectivity index (χ4n) is 2.14. The maximum atomic E-state index is 5.90. The van der Waals surface area contributed by atoms with Crippen molar-refractivity contribution in [2.75, 3.05) is 16.4 Å². The zero-order chi connectivity index (χ0) is 12.5. The molecule has 1 aromatic carbocycles. The van der Waals surface area contributed by atoms with Crippen LogP contribution in [0.15, 0.2) is 35.0 Å². The summed E-state index contributed by atoms with van der Waals surface area (Å²) >= 11 is 1.74. The Hall–Kier alpha value is -1.68. The Kier molecular flexibility index (Phi) is 2.88. The predicted octanol–water partition coefficient (Wildman–Crippen LogP) is 3.08. The first kappa shape index (κ1) is 11.4. The number of hydrogen-bond acceptors (Lipinski definition) is 4. The van der Waals surface area contributed by atoms with Gasteiger partial charge in [0.05, 0.1) is 11.4 Å². The number of thiophene rings is 1. The molecule has 1 fully saturated rings. The second-order valence-electron chi connectivity index (χ2n) is 4.80. The minimum atomic E-state index is 0.657. The molecule has 1 heterocycles. The van der Waals surface area contributed by atoms with Crippen LogP contribution in [0.4, 0.5) is 17.1 Å². The van der Waals surface area contributed by atoms with Crippen LogP contribution in [0.25, 0.3) is 0 Å². The first-order valence-corrected chi connectivity index (χ1v) is 7.11. The van der Waals surface area contributed by atoms with Crippen LogP contribution >= 0.6 is 11.3 Å². The van der Waals surface area contributed by atoms with E-state index < -0.39 is 0 Å². The van der Waals surface area contributed by atoms with E-state index in [9.17, 15) is 0 Å². The fourth-order valence-corrected chi connectivity index (χ4v) is 2.80. The van der Waals surface area contributed by atoms with E-state index in [1.807, 2.05) is 12.1 Å². The third-order valence-corrected chi connectivity index (χ3v) is 4.05. The van der Waals surface area contributed by atoms with E-state index in [1.165, 1.54) is 24.1 Å². The molecule has 2 aromatic rings. The highest BCUT2D eigenvalue weighted by atomic mass is 32.1. The van der Waals surface area contributed by atoms with Gasteiger partial charge in [-0.3, -0.25) is 0 Å². The molecule has 0 aliphatic heterocycles. The van der Waals surface area contributed by atoms with Gasteiger partial charge in [0.25, 0.3) is 0 Å². The highest BCUT2D eigenvalue weighted by Crippen LogP contribution is 2.35. The van der Waals surface area contributed by atoms with E-state index in [2.05, 4.69) is 27.8 Å². The van der Waals surface area contributed by atoms with Gasteiger partial charge in [0, 0.05) is 18.3 Å². The quantitative estimate of drug-likeness (QED) is 0.830. The molecule has 4 N–H and O–H groups in total. The molecule has 1 aromatic heterocycles. The third-order valence-electron chi connectivity index (χ3n) is 3.32. The normalized spacial score (nSPS) is 14.7. The van der Waals surface area contributed by atoms with Crippen molar-refractivity contribution in [3.05, 3.63) is 40.6 Å². The van der Waals surface area contributed by atoms with Crippen molar-refractivity contribution >= 4 is 28.4 Å². The molecule has 1 aliphatic carbocycles. The second-order valence-corrected chi connectivity index (χ2v) is 5.58. The van der Waals surface area contributed by atoms with Crippen molar-refractivity contribution in [1.29, 1.82) is 0 Å². The molecule has 1 saturated carbocycles. The average Bonchev–Trinajstić information content (AvgIpc) is 3.07. The SMILES string of the molecule is Nc1ccc(N(Cc2ccsc2)C2CC2)cc1N. The Bertz CT molecular complexity index is 532. The Labute approximate surface area is 111 Å². The molecule has 4 heteroatoms. The van der Waals surface area contributed by atoms with E-state index in [0.29, 0.717) is 17.4 Å². The highest BCUT2D eigenvalue weighted by molar-refractivity contribution is 7.07. The predicted molar refractivity (Wildman–Crippen MR) is 78.8 cm³/mol. The topological polar surface area (TPSA) is 55.3 Å². The average molecular weight is 259 g/mol. The van der Waals surface area contributed by atoms with Crippen LogP contribution in [-0.2, 0) is 6.54 Å². The molecule has 0 saturated heterocycles. The summed E-state index contributed by atoms with van der Waals surface area (Å²) in [6, 6.07) is 8.79. The molecule has 0 radical (unpaired) electrons. The van der Waals surface area contributed by atoms with Crippen molar-refractivity contribution in [2.24, 2.45) is 0 Å². The van der Waals surface area contributed by atoms with Crippen molar-refractivity contribution in [2.45, 2.75) is 25.4 Å². The van der Waals surface area contributed by atoms with Crippen LogP contribution < -0.4 is 16.4 Å². The third kappa shape index (κ3) is 2.29. The zero-order valence-corrected chi connectivity index (χ0v) is 11.0. The first-order valence-electron chi connectivity index (χ1n) is 6.17. The van der Waals surface area contributed by atoms with Gasteiger partial charge in [-0.05, 0) is 53.4 Å². The summed E-state index contributed by atoms with van der Waals surface area (Å²) in [4.78, 5) is 2.43. The lowest BCUT2D eigenvalue weighted by molar-refractivity contribution is 0.797. The van der Waals surface area contributed by atoms with Gasteiger partial charge in [0.2, 0.25) is 0 Å². The van der Waals surface area contributed by atoms with Crippen LogP contribution in [0.5, 0.6) is 0 Å². The highest BCUT2D eigenvalue weighted by Gasteiger charge is 2.29. The van der Waals surface area contributed by atoms with E-state index in [4.69, 9.17) is 11.5 Å². The number of hydrogen-bond donors (Lipinski definition) is 2. The summed E-state index contributed by atoms with van der Waals surface area (Å²) in [5, 5.41) is 4.33. The number of rotatable bonds is 4. The van der Waals surface area contributed by atoms with Crippen LogP contribution in [0.1, 0.15) is 18.4 Å². The standard InChI is InChI=1S/C14H17N3S/c15-13-4-3-12(7-14(13)16)17(11-1-2-11)8-10-5-6-18-9-10/h3-7,9,11H,1-2,8,15-16H2. The Balaban J connectivity index is 1.86. The number of nitrogens with two attached hydrogens (primary N) is 2. The fraction of sp³-hybridized carbons (Fsp3) is 0.286. The summed E-state index contributed by atoms with van der Waals surface area (Å²) in [6.07, 6.45) is 2.54. The molecule has 0 unspecified atom stereocenters. The molecular weight excluding hydrogens is 242 g/mol. The van der Waals surface area contributed by atoms with Crippen molar-refractivity contribution in [3.63, 3.8) is 0 Å². The van der Waals surface area contributed by atoms with E-state index >= 15 is 0 Å². The molecule has 18 heavy (non-hydrogen) atoms. The Morgan fingerprint density at radius 1 is 1.17 bits per heavy atom. The van der Waals surface area contributed by atoms with E-state index in [0.717, 1.165) is 6.54 Å². The summed E-state index contributed by atoms with van der Waals surface area (Å²) in [5.74, 6) is 0. The van der Waals surface area contributed by atoms with Gasteiger partial charge in [-0.25, -0.2) is 0 Å². The van der Waals surface area contributed by atoms with Crippen molar-refractivity contribution in [1.82, 2.24) is 0 Å².